The molecular weight excluding hydrogens is 376 g/mol. The van der Waals surface area contributed by atoms with E-state index in [1.54, 1.807) is 0 Å². The predicted molar refractivity (Wildman–Crippen MR) is 113 cm³/mol. The highest BCUT2D eigenvalue weighted by Gasteiger charge is 2.62. The van der Waals surface area contributed by atoms with Crippen molar-refractivity contribution in [1.29, 1.82) is 0 Å². The van der Waals surface area contributed by atoms with Crippen LogP contribution in [-0.2, 0) is 20.8 Å². The number of aryl methyl sites for hydroxylation is 1. The van der Waals surface area contributed by atoms with E-state index in [9.17, 15) is 14.4 Å². The van der Waals surface area contributed by atoms with Crippen LogP contribution in [0.3, 0.4) is 0 Å². The molecule has 0 spiro atoms. The third-order valence-corrected chi connectivity index (χ3v) is 7.13. The standard InChI is InChI=1S/C25H26N2O3/c1-15-6-5-9-19(12-15)26-23(28)20(13-16-7-3-2-4-8-16)27-24(29)21-17-10-11-18(14-17)22(21)25(27)30/h2-9,12,17-18,20-22H,10-11,13-14H2,1H3,(H,26,28)/t17-,18+,20-,21-,22+/m1/s1. The van der Waals surface area contributed by atoms with E-state index in [0.29, 0.717) is 23.9 Å². The summed E-state index contributed by atoms with van der Waals surface area (Å²) in [6.07, 6.45) is 3.36. The van der Waals surface area contributed by atoms with Crippen LogP contribution in [0.15, 0.2) is 54.6 Å². The first kappa shape index (κ1) is 19.0. The topological polar surface area (TPSA) is 66.5 Å². The highest BCUT2D eigenvalue weighted by atomic mass is 16.2. The van der Waals surface area contributed by atoms with E-state index >= 15 is 0 Å². The Labute approximate surface area is 176 Å². The van der Waals surface area contributed by atoms with Crippen LogP contribution >= 0.6 is 0 Å². The largest absolute Gasteiger partial charge is 0.324 e. The number of likely N-dealkylation sites (tertiary alicyclic amines) is 1. The van der Waals surface area contributed by atoms with E-state index in [-0.39, 0.29) is 29.6 Å². The summed E-state index contributed by atoms with van der Waals surface area (Å²) in [5.41, 5.74) is 2.65. The maximum absolute atomic E-state index is 13.4. The van der Waals surface area contributed by atoms with Gasteiger partial charge in [-0.05, 0) is 61.3 Å². The number of carbonyl (C=O) groups is 3. The molecule has 1 heterocycles. The predicted octanol–water partition coefficient (Wildman–Crippen LogP) is 3.58. The minimum absolute atomic E-state index is 0.141. The zero-order valence-electron chi connectivity index (χ0n) is 17.1. The lowest BCUT2D eigenvalue weighted by Gasteiger charge is -2.27. The van der Waals surface area contributed by atoms with Crippen molar-refractivity contribution in [2.75, 3.05) is 5.32 Å². The van der Waals surface area contributed by atoms with Crippen molar-refractivity contribution in [1.82, 2.24) is 4.90 Å². The minimum atomic E-state index is -0.835. The number of anilines is 1. The number of hydrogen-bond donors (Lipinski definition) is 1. The molecule has 1 saturated heterocycles. The number of benzene rings is 2. The number of carbonyl (C=O) groups excluding carboxylic acids is 3. The fraction of sp³-hybridized carbons (Fsp3) is 0.400. The number of nitrogens with one attached hydrogen (secondary N) is 1. The number of hydrogen-bond acceptors (Lipinski definition) is 3. The summed E-state index contributed by atoms with van der Waals surface area (Å²) in [6, 6.07) is 16.3. The summed E-state index contributed by atoms with van der Waals surface area (Å²) in [5, 5.41) is 2.94. The molecule has 2 bridgehead atoms. The Balaban J connectivity index is 1.46. The van der Waals surface area contributed by atoms with Crippen LogP contribution in [0.4, 0.5) is 5.69 Å². The van der Waals surface area contributed by atoms with E-state index in [2.05, 4.69) is 5.32 Å². The zero-order valence-corrected chi connectivity index (χ0v) is 17.1. The van der Waals surface area contributed by atoms with Gasteiger partial charge in [0, 0.05) is 12.1 Å². The van der Waals surface area contributed by atoms with E-state index in [1.807, 2.05) is 61.5 Å². The lowest BCUT2D eigenvalue weighted by atomic mass is 9.81. The number of imide groups is 1. The van der Waals surface area contributed by atoms with Gasteiger partial charge in [-0.1, -0.05) is 42.5 Å². The van der Waals surface area contributed by atoms with Crippen LogP contribution < -0.4 is 5.32 Å². The van der Waals surface area contributed by atoms with Gasteiger partial charge in [-0.25, -0.2) is 0 Å². The van der Waals surface area contributed by atoms with Crippen molar-refractivity contribution in [2.45, 2.75) is 38.6 Å². The third kappa shape index (κ3) is 3.13. The van der Waals surface area contributed by atoms with E-state index in [1.165, 1.54) is 4.90 Å². The van der Waals surface area contributed by atoms with Gasteiger partial charge in [0.1, 0.15) is 6.04 Å². The first-order valence-electron chi connectivity index (χ1n) is 10.8. The van der Waals surface area contributed by atoms with Gasteiger partial charge in [-0.15, -0.1) is 0 Å². The molecular formula is C25H26N2O3. The highest BCUT2D eigenvalue weighted by molar-refractivity contribution is 6.10. The lowest BCUT2D eigenvalue weighted by molar-refractivity contribution is -0.147. The monoisotopic (exact) mass is 402 g/mol. The molecule has 2 aromatic carbocycles. The van der Waals surface area contributed by atoms with Gasteiger partial charge in [-0.2, -0.15) is 0 Å². The maximum atomic E-state index is 13.4. The van der Waals surface area contributed by atoms with Gasteiger partial charge in [-0.3, -0.25) is 19.3 Å². The SMILES string of the molecule is Cc1cccc(NC(=O)[C@@H](Cc2ccccc2)N2C(=O)[C@@H]3[C@@H]4CC[C@@H](C4)[C@@H]3C2=O)c1. The van der Waals surface area contributed by atoms with Crippen LogP contribution in [-0.4, -0.2) is 28.7 Å². The molecule has 30 heavy (non-hydrogen) atoms. The number of rotatable bonds is 5. The molecule has 1 aliphatic heterocycles. The molecule has 0 radical (unpaired) electrons. The summed E-state index contributed by atoms with van der Waals surface area (Å²) < 4.78 is 0. The van der Waals surface area contributed by atoms with Gasteiger partial charge in [0.2, 0.25) is 17.7 Å². The molecule has 3 amide bonds. The van der Waals surface area contributed by atoms with Crippen LogP contribution in [0.1, 0.15) is 30.4 Å². The fourth-order valence-electron chi connectivity index (χ4n) is 5.83. The van der Waals surface area contributed by atoms with Gasteiger partial charge >= 0.3 is 0 Å². The summed E-state index contributed by atoms with van der Waals surface area (Å²) in [5.74, 6) is -0.423. The second kappa shape index (κ2) is 7.38. The molecule has 3 fully saturated rings. The molecule has 5 nitrogen and oxygen atoms in total. The van der Waals surface area contributed by atoms with Gasteiger partial charge in [0.05, 0.1) is 11.8 Å². The number of amides is 3. The van der Waals surface area contributed by atoms with Crippen molar-refractivity contribution < 1.29 is 14.4 Å². The summed E-state index contributed by atoms with van der Waals surface area (Å²) in [6.45, 7) is 1.96. The van der Waals surface area contributed by atoms with E-state index < -0.39 is 6.04 Å². The van der Waals surface area contributed by atoms with E-state index in [4.69, 9.17) is 0 Å². The van der Waals surface area contributed by atoms with Gasteiger partial charge in [0.25, 0.3) is 0 Å². The molecule has 0 unspecified atom stereocenters. The van der Waals surface area contributed by atoms with Gasteiger partial charge < -0.3 is 5.32 Å². The second-order valence-corrected chi connectivity index (χ2v) is 9.00. The summed E-state index contributed by atoms with van der Waals surface area (Å²) in [7, 11) is 0. The average molecular weight is 402 g/mol. The number of fused-ring (bicyclic) bond motifs is 5. The quantitative estimate of drug-likeness (QED) is 0.778. The first-order valence-corrected chi connectivity index (χ1v) is 10.8. The normalized spacial score (nSPS) is 28.0. The maximum Gasteiger partial charge on any atom is 0.248 e. The van der Waals surface area contributed by atoms with Crippen molar-refractivity contribution in [3.05, 3.63) is 65.7 Å². The molecule has 2 aliphatic carbocycles. The van der Waals surface area contributed by atoms with Crippen molar-refractivity contribution in [3.63, 3.8) is 0 Å². The minimum Gasteiger partial charge on any atom is -0.324 e. The highest BCUT2D eigenvalue weighted by Crippen LogP contribution is 2.56. The summed E-state index contributed by atoms with van der Waals surface area (Å²) >= 11 is 0. The summed E-state index contributed by atoms with van der Waals surface area (Å²) in [4.78, 5) is 41.4. The fourth-order valence-corrected chi connectivity index (χ4v) is 5.83. The van der Waals surface area contributed by atoms with Crippen LogP contribution in [0.5, 0.6) is 0 Å². The molecule has 5 rings (SSSR count). The zero-order chi connectivity index (χ0) is 20.8. The Morgan fingerprint density at radius 2 is 1.67 bits per heavy atom. The Hall–Kier alpha value is -2.95. The third-order valence-electron chi connectivity index (χ3n) is 7.13. The van der Waals surface area contributed by atoms with Crippen LogP contribution in [0.2, 0.25) is 0 Å². The van der Waals surface area contributed by atoms with Crippen LogP contribution in [0.25, 0.3) is 0 Å². The molecule has 2 aromatic rings. The van der Waals surface area contributed by atoms with Crippen LogP contribution in [0, 0.1) is 30.6 Å². The molecule has 5 heteroatoms. The molecule has 2 saturated carbocycles. The second-order valence-electron chi connectivity index (χ2n) is 9.00. The van der Waals surface area contributed by atoms with Crippen molar-refractivity contribution >= 4 is 23.4 Å². The molecule has 3 aliphatic rings. The average Bonchev–Trinajstić information content (AvgIpc) is 3.41. The number of nitrogens with zero attached hydrogens (tertiary/aromatic N) is 1. The molecule has 1 N–H and O–H groups in total. The lowest BCUT2D eigenvalue weighted by Crippen LogP contribution is -2.49. The Morgan fingerprint density at radius 3 is 2.30 bits per heavy atom. The van der Waals surface area contributed by atoms with E-state index in [0.717, 1.165) is 30.4 Å². The Morgan fingerprint density at radius 1 is 1.00 bits per heavy atom. The van der Waals surface area contributed by atoms with Gasteiger partial charge in [0.15, 0.2) is 0 Å². The molecule has 0 aromatic heterocycles. The van der Waals surface area contributed by atoms with Crippen molar-refractivity contribution in [3.8, 4) is 0 Å². The molecule has 5 atom stereocenters. The van der Waals surface area contributed by atoms with Crippen molar-refractivity contribution in [2.24, 2.45) is 23.7 Å². The smallest absolute Gasteiger partial charge is 0.248 e. The Kier molecular flexibility index (Phi) is 4.69. The molecule has 154 valence electrons. The first-order chi connectivity index (χ1) is 14.5. The Bertz CT molecular complexity index is 974.